The van der Waals surface area contributed by atoms with Gasteiger partial charge in [-0.1, -0.05) is 30.3 Å². The Morgan fingerprint density at radius 3 is 2.45 bits per heavy atom. The summed E-state index contributed by atoms with van der Waals surface area (Å²) in [4.78, 5) is 12.3. The number of amides is 1. The summed E-state index contributed by atoms with van der Waals surface area (Å²) in [5, 5.41) is 25.9. The van der Waals surface area contributed by atoms with Crippen molar-refractivity contribution in [2.24, 2.45) is 7.05 Å². The minimum absolute atomic E-state index is 0.0573. The molecule has 7 nitrogen and oxygen atoms in total. The normalized spacial score (nSPS) is 12.9. The Kier molecular flexibility index (Phi) is 8.23. The molecule has 0 aliphatic carbocycles. The third kappa shape index (κ3) is 6.96. The highest BCUT2D eigenvalue weighted by molar-refractivity contribution is 6.03. The van der Waals surface area contributed by atoms with Crippen molar-refractivity contribution in [1.82, 2.24) is 9.88 Å². The first-order valence-corrected chi connectivity index (χ1v) is 10.3. The van der Waals surface area contributed by atoms with Crippen LogP contribution in [0.2, 0.25) is 0 Å². The van der Waals surface area contributed by atoms with Gasteiger partial charge in [0, 0.05) is 31.5 Å². The summed E-state index contributed by atoms with van der Waals surface area (Å²) < 4.78 is 7.31. The van der Waals surface area contributed by atoms with Crippen LogP contribution in [-0.4, -0.2) is 52.6 Å². The molecule has 0 bridgehead atoms. The first-order chi connectivity index (χ1) is 15.0. The highest BCUT2D eigenvalue weighted by atomic mass is 16.5. The lowest BCUT2D eigenvalue weighted by Crippen LogP contribution is -2.41. The molecule has 0 unspecified atom stereocenters. The maximum absolute atomic E-state index is 12.3. The van der Waals surface area contributed by atoms with Crippen molar-refractivity contribution in [2.75, 3.05) is 25.1 Å². The molecule has 0 fully saturated rings. The van der Waals surface area contributed by atoms with Crippen molar-refractivity contribution < 1.29 is 19.7 Å². The van der Waals surface area contributed by atoms with E-state index in [1.807, 2.05) is 73.9 Å². The lowest BCUT2D eigenvalue weighted by molar-refractivity contribution is 0.0997. The highest BCUT2D eigenvalue weighted by Gasteiger charge is 2.13. The Morgan fingerprint density at radius 1 is 1.06 bits per heavy atom. The maximum atomic E-state index is 12.3. The van der Waals surface area contributed by atoms with Gasteiger partial charge in [-0.3, -0.25) is 4.79 Å². The van der Waals surface area contributed by atoms with Crippen LogP contribution in [0.1, 0.15) is 16.1 Å². The van der Waals surface area contributed by atoms with Crippen molar-refractivity contribution in [3.8, 4) is 5.75 Å². The Labute approximate surface area is 182 Å². The number of nitrogens with one attached hydrogen (secondary N) is 2. The highest BCUT2D eigenvalue weighted by Crippen LogP contribution is 2.13. The summed E-state index contributed by atoms with van der Waals surface area (Å²) >= 11 is 0. The second-order valence-electron chi connectivity index (χ2n) is 7.43. The molecule has 1 heterocycles. The number of aromatic nitrogens is 1. The smallest absolute Gasteiger partial charge is 0.272 e. The predicted octanol–water partition coefficient (Wildman–Crippen LogP) is 2.21. The molecule has 2 atom stereocenters. The zero-order valence-electron chi connectivity index (χ0n) is 17.6. The molecule has 0 aliphatic heterocycles. The number of hydrogen-bond acceptors (Lipinski definition) is 5. The molecule has 4 N–H and O–H groups in total. The van der Waals surface area contributed by atoms with Gasteiger partial charge in [0.1, 0.15) is 24.2 Å². The van der Waals surface area contributed by atoms with Gasteiger partial charge in [0.25, 0.3) is 5.91 Å². The van der Waals surface area contributed by atoms with E-state index < -0.39 is 6.10 Å². The van der Waals surface area contributed by atoms with Gasteiger partial charge in [-0.05, 0) is 48.4 Å². The first-order valence-electron chi connectivity index (χ1n) is 10.3. The second-order valence-corrected chi connectivity index (χ2v) is 7.43. The van der Waals surface area contributed by atoms with E-state index in [0.717, 1.165) is 5.56 Å². The molecule has 1 amide bonds. The minimum Gasteiger partial charge on any atom is -0.491 e. The van der Waals surface area contributed by atoms with Gasteiger partial charge in [0.05, 0.1) is 6.61 Å². The zero-order chi connectivity index (χ0) is 22.1. The Balaban J connectivity index is 1.44. The SMILES string of the molecule is Cn1cccc1C(=O)Nc1ccc(C[C@@H](CO)NC[C@H](O)COc2ccccc2)cc1. The van der Waals surface area contributed by atoms with Crippen LogP contribution in [0.3, 0.4) is 0 Å². The largest absolute Gasteiger partial charge is 0.491 e. The van der Waals surface area contributed by atoms with E-state index in [-0.39, 0.29) is 25.2 Å². The molecule has 164 valence electrons. The van der Waals surface area contributed by atoms with E-state index >= 15 is 0 Å². The summed E-state index contributed by atoms with van der Waals surface area (Å²) in [6, 6.07) is 20.2. The number of aliphatic hydroxyl groups is 2. The molecule has 1 aromatic heterocycles. The minimum atomic E-state index is -0.690. The van der Waals surface area contributed by atoms with E-state index in [1.165, 1.54) is 0 Å². The van der Waals surface area contributed by atoms with E-state index in [4.69, 9.17) is 4.74 Å². The number of nitrogens with zero attached hydrogens (tertiary/aromatic N) is 1. The number of hydrogen-bond donors (Lipinski definition) is 4. The standard InChI is InChI=1S/C24H29N3O4/c1-27-13-5-8-23(27)24(30)26-19-11-9-18(10-12-19)14-20(16-28)25-15-21(29)17-31-22-6-3-2-4-7-22/h2-13,20-21,25,28-29H,14-17H2,1H3,(H,26,30)/t20-,21-/m0/s1. The molecule has 31 heavy (non-hydrogen) atoms. The lowest BCUT2D eigenvalue weighted by Gasteiger charge is -2.19. The first kappa shape index (κ1) is 22.6. The molecule has 2 aromatic carbocycles. The average Bonchev–Trinajstić information content (AvgIpc) is 3.23. The van der Waals surface area contributed by atoms with Crippen LogP contribution in [0.25, 0.3) is 0 Å². The van der Waals surface area contributed by atoms with Gasteiger partial charge < -0.3 is 30.2 Å². The van der Waals surface area contributed by atoms with Gasteiger partial charge >= 0.3 is 0 Å². The van der Waals surface area contributed by atoms with Crippen LogP contribution < -0.4 is 15.4 Å². The van der Waals surface area contributed by atoms with Crippen LogP contribution in [-0.2, 0) is 13.5 Å². The van der Waals surface area contributed by atoms with Gasteiger partial charge in [-0.25, -0.2) is 0 Å². The van der Waals surface area contributed by atoms with Crippen molar-refractivity contribution in [3.63, 3.8) is 0 Å². The van der Waals surface area contributed by atoms with E-state index in [2.05, 4.69) is 10.6 Å². The van der Waals surface area contributed by atoms with Gasteiger partial charge in [-0.2, -0.15) is 0 Å². The van der Waals surface area contributed by atoms with Crippen molar-refractivity contribution in [2.45, 2.75) is 18.6 Å². The number of para-hydroxylation sites is 1. The number of benzene rings is 2. The summed E-state index contributed by atoms with van der Waals surface area (Å²) in [5.41, 5.74) is 2.30. The second kappa shape index (κ2) is 11.3. The molecule has 0 saturated carbocycles. The van der Waals surface area contributed by atoms with E-state index in [1.54, 1.807) is 10.6 Å². The predicted molar refractivity (Wildman–Crippen MR) is 120 cm³/mol. The number of carbonyl (C=O) groups is 1. The van der Waals surface area contributed by atoms with Crippen LogP contribution >= 0.6 is 0 Å². The lowest BCUT2D eigenvalue weighted by atomic mass is 10.1. The third-order valence-corrected chi connectivity index (χ3v) is 4.92. The molecular formula is C24H29N3O4. The fraction of sp³-hybridized carbons (Fsp3) is 0.292. The molecule has 3 aromatic rings. The van der Waals surface area contributed by atoms with Crippen LogP contribution in [0.4, 0.5) is 5.69 Å². The van der Waals surface area contributed by atoms with Gasteiger partial charge in [-0.15, -0.1) is 0 Å². The van der Waals surface area contributed by atoms with Crippen LogP contribution in [0.5, 0.6) is 5.75 Å². The van der Waals surface area contributed by atoms with Crippen molar-refractivity contribution >= 4 is 11.6 Å². The van der Waals surface area contributed by atoms with E-state index in [0.29, 0.717) is 30.1 Å². The third-order valence-electron chi connectivity index (χ3n) is 4.92. The monoisotopic (exact) mass is 423 g/mol. The topological polar surface area (TPSA) is 95.8 Å². The summed E-state index contributed by atoms with van der Waals surface area (Å²) in [6.07, 6.45) is 1.73. The number of rotatable bonds is 11. The summed E-state index contributed by atoms with van der Waals surface area (Å²) in [6.45, 7) is 0.422. The molecule has 7 heteroatoms. The van der Waals surface area contributed by atoms with Gasteiger partial charge in [0.2, 0.25) is 0 Å². The van der Waals surface area contributed by atoms with E-state index in [9.17, 15) is 15.0 Å². The zero-order valence-corrected chi connectivity index (χ0v) is 17.6. The number of aliphatic hydroxyl groups excluding tert-OH is 2. The fourth-order valence-electron chi connectivity index (χ4n) is 3.17. The van der Waals surface area contributed by atoms with Crippen molar-refractivity contribution in [3.05, 3.63) is 84.2 Å². The fourth-order valence-corrected chi connectivity index (χ4v) is 3.17. The van der Waals surface area contributed by atoms with Crippen LogP contribution in [0.15, 0.2) is 72.9 Å². The Morgan fingerprint density at radius 2 is 1.81 bits per heavy atom. The van der Waals surface area contributed by atoms with Gasteiger partial charge in [0.15, 0.2) is 0 Å². The summed E-state index contributed by atoms with van der Waals surface area (Å²) in [5.74, 6) is 0.543. The quantitative estimate of drug-likeness (QED) is 0.379. The van der Waals surface area contributed by atoms with Crippen molar-refractivity contribution in [1.29, 1.82) is 0 Å². The number of aryl methyl sites for hydroxylation is 1. The molecule has 0 spiro atoms. The van der Waals surface area contributed by atoms with Crippen LogP contribution in [0, 0.1) is 0 Å². The molecule has 0 aliphatic rings. The molecule has 0 saturated heterocycles. The molecular weight excluding hydrogens is 394 g/mol. The summed E-state index contributed by atoms with van der Waals surface area (Å²) in [7, 11) is 1.82. The number of ether oxygens (including phenoxy) is 1. The Hall–Kier alpha value is -3.13. The molecule has 3 rings (SSSR count). The Bertz CT molecular complexity index is 941. The maximum Gasteiger partial charge on any atom is 0.272 e. The number of anilines is 1. The average molecular weight is 424 g/mol. The number of carbonyl (C=O) groups excluding carboxylic acids is 1. The molecule has 0 radical (unpaired) electrons.